The van der Waals surface area contributed by atoms with Crippen LogP contribution in [0.1, 0.15) is 23.2 Å². The lowest BCUT2D eigenvalue weighted by Crippen LogP contribution is -2.45. The Labute approximate surface area is 164 Å². The van der Waals surface area contributed by atoms with Gasteiger partial charge in [-0.15, -0.1) is 0 Å². The molecule has 5 nitrogen and oxygen atoms in total. The third kappa shape index (κ3) is 4.12. The highest BCUT2D eigenvalue weighted by Gasteiger charge is 2.29. The maximum Gasteiger partial charge on any atom is 0.166 e. The lowest BCUT2D eigenvalue weighted by molar-refractivity contribution is 0.0460. The van der Waals surface area contributed by atoms with Gasteiger partial charge in [-0.25, -0.2) is 4.39 Å². The summed E-state index contributed by atoms with van der Waals surface area (Å²) in [5.41, 5.74) is 0.592. The predicted molar refractivity (Wildman–Crippen MR) is 103 cm³/mol. The first-order chi connectivity index (χ1) is 13.6. The minimum atomic E-state index is -0.319. The quantitative estimate of drug-likeness (QED) is 0.737. The summed E-state index contributed by atoms with van der Waals surface area (Å²) in [7, 11) is 1.63. The second kappa shape index (κ2) is 8.19. The van der Waals surface area contributed by atoms with Crippen molar-refractivity contribution < 1.29 is 23.4 Å². The van der Waals surface area contributed by atoms with Gasteiger partial charge >= 0.3 is 0 Å². The molecule has 4 rings (SSSR count). The zero-order chi connectivity index (χ0) is 19.5. The van der Waals surface area contributed by atoms with Crippen LogP contribution in [-0.2, 0) is 0 Å². The Kier molecular flexibility index (Phi) is 5.48. The van der Waals surface area contributed by atoms with Crippen molar-refractivity contribution in [1.82, 2.24) is 4.90 Å². The minimum Gasteiger partial charge on any atom is -0.497 e. The molecule has 2 heterocycles. The number of nitrogens with zero attached hydrogens (tertiary/aromatic N) is 1. The maximum absolute atomic E-state index is 13.1. The molecular weight excluding hydrogens is 361 g/mol. The van der Waals surface area contributed by atoms with Crippen LogP contribution >= 0.6 is 0 Å². The smallest absolute Gasteiger partial charge is 0.166 e. The summed E-state index contributed by atoms with van der Waals surface area (Å²) in [6.07, 6.45) is 1.55. The van der Waals surface area contributed by atoms with Crippen molar-refractivity contribution in [3.63, 3.8) is 0 Å². The second-order valence-electron chi connectivity index (χ2n) is 7.31. The normalized spacial score (nSPS) is 20.0. The Morgan fingerprint density at radius 2 is 1.89 bits per heavy atom. The van der Waals surface area contributed by atoms with E-state index in [0.717, 1.165) is 44.0 Å². The molecule has 0 amide bonds. The molecule has 0 radical (unpaired) electrons. The lowest BCUT2D eigenvalue weighted by atomic mass is 9.89. The number of ketones is 1. The molecule has 0 bridgehead atoms. The van der Waals surface area contributed by atoms with Gasteiger partial charge in [0.15, 0.2) is 17.3 Å². The van der Waals surface area contributed by atoms with Gasteiger partial charge in [0.25, 0.3) is 0 Å². The predicted octanol–water partition coefficient (Wildman–Crippen LogP) is 3.57. The van der Waals surface area contributed by atoms with Crippen LogP contribution in [0, 0.1) is 11.7 Å². The van der Waals surface area contributed by atoms with Gasteiger partial charge in [-0.2, -0.15) is 0 Å². The number of ether oxygens (including phenoxy) is 3. The van der Waals surface area contributed by atoms with Crippen molar-refractivity contribution in [3.05, 3.63) is 53.8 Å². The van der Waals surface area contributed by atoms with E-state index in [1.54, 1.807) is 19.2 Å². The van der Waals surface area contributed by atoms with Gasteiger partial charge < -0.3 is 14.2 Å². The molecule has 0 spiro atoms. The molecule has 6 heteroatoms. The van der Waals surface area contributed by atoms with Crippen LogP contribution in [-0.4, -0.2) is 50.1 Å². The summed E-state index contributed by atoms with van der Waals surface area (Å²) in [6.45, 7) is 2.94. The summed E-state index contributed by atoms with van der Waals surface area (Å²) < 4.78 is 30.2. The molecule has 2 aliphatic heterocycles. The fraction of sp³-hybridized carbons (Fsp3) is 0.409. The Bertz CT molecular complexity index is 831. The zero-order valence-corrected chi connectivity index (χ0v) is 15.9. The maximum atomic E-state index is 13.1. The number of rotatable bonds is 5. The van der Waals surface area contributed by atoms with E-state index in [2.05, 4.69) is 4.90 Å². The van der Waals surface area contributed by atoms with Crippen molar-refractivity contribution in [2.45, 2.75) is 18.9 Å². The highest BCUT2D eigenvalue weighted by Crippen LogP contribution is 2.35. The van der Waals surface area contributed by atoms with Crippen molar-refractivity contribution in [3.8, 4) is 17.2 Å². The van der Waals surface area contributed by atoms with E-state index in [1.807, 2.05) is 18.2 Å². The number of hydrogen-bond acceptors (Lipinski definition) is 5. The Hall–Kier alpha value is -2.60. The Balaban J connectivity index is 1.30. The Morgan fingerprint density at radius 3 is 2.61 bits per heavy atom. The van der Waals surface area contributed by atoms with E-state index in [9.17, 15) is 9.18 Å². The number of halogens is 1. The minimum absolute atomic E-state index is 0.00442. The van der Waals surface area contributed by atoms with Crippen LogP contribution in [0.25, 0.3) is 0 Å². The summed E-state index contributed by atoms with van der Waals surface area (Å²) >= 11 is 0. The summed E-state index contributed by atoms with van der Waals surface area (Å²) in [4.78, 5) is 14.9. The van der Waals surface area contributed by atoms with Gasteiger partial charge in [-0.05, 0) is 62.3 Å². The molecule has 0 aromatic heterocycles. The molecule has 28 heavy (non-hydrogen) atoms. The average molecular weight is 385 g/mol. The first kappa shape index (κ1) is 18.7. The monoisotopic (exact) mass is 385 g/mol. The molecule has 1 unspecified atom stereocenters. The third-order valence-corrected chi connectivity index (χ3v) is 5.42. The molecule has 2 aliphatic rings. The van der Waals surface area contributed by atoms with E-state index in [-0.39, 0.29) is 23.6 Å². The Morgan fingerprint density at radius 1 is 1.14 bits per heavy atom. The van der Waals surface area contributed by atoms with Crippen LogP contribution in [0.5, 0.6) is 17.2 Å². The van der Waals surface area contributed by atoms with Crippen molar-refractivity contribution in [1.29, 1.82) is 0 Å². The lowest BCUT2D eigenvalue weighted by Gasteiger charge is -2.35. The number of carbonyl (C=O) groups is 1. The largest absolute Gasteiger partial charge is 0.497 e. The molecule has 0 aliphatic carbocycles. The molecule has 148 valence electrons. The number of fused-ring (bicyclic) bond motifs is 1. The van der Waals surface area contributed by atoms with Crippen LogP contribution in [0.2, 0.25) is 0 Å². The number of piperidine rings is 1. The van der Waals surface area contributed by atoms with Crippen LogP contribution < -0.4 is 14.2 Å². The summed E-state index contributed by atoms with van der Waals surface area (Å²) in [5, 5.41) is 0. The van der Waals surface area contributed by atoms with E-state index < -0.39 is 0 Å². The number of benzene rings is 2. The molecule has 2 aromatic rings. The molecule has 2 aromatic carbocycles. The van der Waals surface area contributed by atoms with Gasteiger partial charge in [0.05, 0.1) is 7.11 Å². The van der Waals surface area contributed by atoms with Gasteiger partial charge in [0.1, 0.15) is 24.3 Å². The van der Waals surface area contributed by atoms with Crippen LogP contribution in [0.3, 0.4) is 0 Å². The summed E-state index contributed by atoms with van der Waals surface area (Å²) in [6, 6.07) is 11.4. The molecule has 0 N–H and O–H groups in total. The van der Waals surface area contributed by atoms with Gasteiger partial charge in [-0.3, -0.25) is 9.69 Å². The first-order valence-corrected chi connectivity index (χ1v) is 9.62. The van der Waals surface area contributed by atoms with Gasteiger partial charge in [0, 0.05) is 24.1 Å². The number of methoxy groups -OCH3 is 1. The average Bonchev–Trinajstić information content (AvgIpc) is 2.74. The van der Waals surface area contributed by atoms with E-state index in [4.69, 9.17) is 14.2 Å². The number of carbonyl (C=O) groups excluding carboxylic acids is 1. The molecule has 1 fully saturated rings. The highest BCUT2D eigenvalue weighted by molar-refractivity contribution is 5.97. The SMILES string of the molecule is COc1ccc2c(c1)OC(CN1CCC(C(=O)c3ccc(F)cc3)CC1)CO2. The number of likely N-dealkylation sites (tertiary alicyclic amines) is 1. The second-order valence-corrected chi connectivity index (χ2v) is 7.31. The fourth-order valence-electron chi connectivity index (χ4n) is 3.83. The van der Waals surface area contributed by atoms with Gasteiger partial charge in [-0.1, -0.05) is 0 Å². The third-order valence-electron chi connectivity index (χ3n) is 5.42. The van der Waals surface area contributed by atoms with Crippen LogP contribution in [0.4, 0.5) is 4.39 Å². The topological polar surface area (TPSA) is 48.0 Å². The zero-order valence-electron chi connectivity index (χ0n) is 15.9. The molecule has 0 saturated carbocycles. The van der Waals surface area contributed by atoms with Crippen LogP contribution in [0.15, 0.2) is 42.5 Å². The van der Waals surface area contributed by atoms with Crippen molar-refractivity contribution in [2.75, 3.05) is 33.4 Å². The molecule has 1 atom stereocenters. The molecular formula is C22H24FNO4. The standard InChI is InChI=1S/C22H24FNO4/c1-26-18-6-7-20-21(12-18)28-19(14-27-20)13-24-10-8-16(9-11-24)22(25)15-2-4-17(23)5-3-15/h2-7,12,16,19H,8-11,13-14H2,1H3. The van der Waals surface area contributed by atoms with Crippen molar-refractivity contribution >= 4 is 5.78 Å². The van der Waals surface area contributed by atoms with E-state index in [0.29, 0.717) is 17.9 Å². The van der Waals surface area contributed by atoms with E-state index in [1.165, 1.54) is 12.1 Å². The number of Topliss-reactive ketones (excluding diaryl/α,β-unsaturated/α-hetero) is 1. The first-order valence-electron chi connectivity index (χ1n) is 9.62. The van der Waals surface area contributed by atoms with Crippen molar-refractivity contribution in [2.24, 2.45) is 5.92 Å². The van der Waals surface area contributed by atoms with E-state index >= 15 is 0 Å². The summed E-state index contributed by atoms with van der Waals surface area (Å²) in [5.74, 6) is 1.97. The van der Waals surface area contributed by atoms with Gasteiger partial charge in [0.2, 0.25) is 0 Å². The highest BCUT2D eigenvalue weighted by atomic mass is 19.1. The molecule has 1 saturated heterocycles. The number of hydrogen-bond donors (Lipinski definition) is 0. The fourth-order valence-corrected chi connectivity index (χ4v) is 3.83.